The Hall–Kier alpha value is -4.16. The largest absolute Gasteiger partial charge is 0.377 e. The number of anilines is 2. The first-order chi connectivity index (χ1) is 24.1. The summed E-state index contributed by atoms with van der Waals surface area (Å²) in [5, 5.41) is 26.3. The van der Waals surface area contributed by atoms with Gasteiger partial charge >= 0.3 is 11.8 Å². The number of morpholine rings is 2. The van der Waals surface area contributed by atoms with E-state index in [4.69, 9.17) is 18.5 Å². The van der Waals surface area contributed by atoms with Gasteiger partial charge in [-0.05, 0) is 44.1 Å². The molecule has 1 aromatic carbocycles. The van der Waals surface area contributed by atoms with E-state index in [1.54, 1.807) is 22.0 Å². The third kappa shape index (κ3) is 8.53. The number of aromatic nitrogens is 4. The standard InChI is InChI=1S/C32H45N11O6/c44-31(34-29-23-42(36-48-29)39-14-18-46-19-15-39)27(9-8-25-6-2-1-3-7-25)33-26-10-13-38-11-4-5-12-41(38)28(22-26)32(45)35-30-24-43(37-49-30)40-16-20-47-21-17-40/h1-3,6-7,23-24,26-28,33H,4-5,8-22H2/p+2/t26-,27-,28+/m0/s1. The van der Waals surface area contributed by atoms with E-state index in [2.05, 4.69) is 48.6 Å². The number of benzene rings is 1. The third-order valence-electron chi connectivity index (χ3n) is 9.60. The maximum atomic E-state index is 14.0. The van der Waals surface area contributed by atoms with Crippen molar-refractivity contribution in [3.8, 4) is 0 Å². The first-order valence-electron chi connectivity index (χ1n) is 17.5. The number of ether oxygens (including phenoxy) is 2. The summed E-state index contributed by atoms with van der Waals surface area (Å²) in [6.07, 6.45) is 8.05. The number of hydrogen-bond acceptors (Lipinski definition) is 13. The van der Waals surface area contributed by atoms with Crippen LogP contribution in [-0.4, -0.2) is 123 Å². The fourth-order valence-corrected chi connectivity index (χ4v) is 6.95. The molecule has 3 atom stereocenters. The van der Waals surface area contributed by atoms with Crippen LogP contribution < -0.4 is 35.5 Å². The second kappa shape index (κ2) is 16.0. The molecule has 17 nitrogen and oxygen atoms in total. The number of nitrogens with zero attached hydrogens (tertiary/aromatic N) is 8. The molecule has 0 spiro atoms. The summed E-state index contributed by atoms with van der Waals surface area (Å²) in [6.45, 7) is 7.64. The molecule has 4 fully saturated rings. The summed E-state index contributed by atoms with van der Waals surface area (Å²) in [7, 11) is 0. The average Bonchev–Trinajstić information content (AvgIpc) is 3.78. The summed E-state index contributed by atoms with van der Waals surface area (Å²) in [4.78, 5) is 31.1. The van der Waals surface area contributed by atoms with Gasteiger partial charge in [0.1, 0.15) is 6.04 Å². The Bertz CT molecular complexity index is 1510. The van der Waals surface area contributed by atoms with E-state index >= 15 is 0 Å². The van der Waals surface area contributed by atoms with E-state index in [1.165, 1.54) is 0 Å². The molecular weight excluding hydrogens is 634 g/mol. The molecule has 264 valence electrons. The number of aryl methyl sites for hydroxylation is 1. The Labute approximate surface area is 284 Å². The van der Waals surface area contributed by atoms with E-state index in [9.17, 15) is 9.59 Å². The number of amides is 2. The van der Waals surface area contributed by atoms with Crippen LogP contribution in [0.2, 0.25) is 0 Å². The van der Waals surface area contributed by atoms with Crippen LogP contribution in [0.25, 0.3) is 0 Å². The highest BCUT2D eigenvalue weighted by Gasteiger charge is 2.39. The zero-order chi connectivity index (χ0) is 33.4. The Morgan fingerprint density at radius 3 is 2.12 bits per heavy atom. The lowest BCUT2D eigenvalue weighted by atomic mass is 9.99. The summed E-state index contributed by atoms with van der Waals surface area (Å²) in [6, 6.07) is 9.04. The summed E-state index contributed by atoms with van der Waals surface area (Å²) >= 11 is 0. The highest BCUT2D eigenvalue weighted by atomic mass is 16.5. The molecule has 4 saturated heterocycles. The molecule has 0 aliphatic carbocycles. The number of rotatable bonds is 11. The first kappa shape index (κ1) is 33.3. The minimum Gasteiger partial charge on any atom is -0.377 e. The van der Waals surface area contributed by atoms with Gasteiger partial charge in [0.25, 0.3) is 12.4 Å². The summed E-state index contributed by atoms with van der Waals surface area (Å²) in [5.74, 6) is 0.186. The topological polar surface area (TPSA) is 161 Å². The molecule has 6 heterocycles. The van der Waals surface area contributed by atoms with Crippen molar-refractivity contribution in [2.24, 2.45) is 0 Å². The summed E-state index contributed by atoms with van der Waals surface area (Å²) < 4.78 is 21.9. The average molecular weight is 682 g/mol. The molecule has 3 aromatic rings. The van der Waals surface area contributed by atoms with Gasteiger partial charge in [-0.3, -0.25) is 29.3 Å². The lowest BCUT2D eigenvalue weighted by Crippen LogP contribution is -2.62. The van der Waals surface area contributed by atoms with Crippen LogP contribution in [0.3, 0.4) is 0 Å². The van der Waals surface area contributed by atoms with Crippen LogP contribution in [0.4, 0.5) is 11.8 Å². The van der Waals surface area contributed by atoms with Crippen LogP contribution in [-0.2, 0) is 25.5 Å². The van der Waals surface area contributed by atoms with Crippen LogP contribution in [0, 0.1) is 0 Å². The van der Waals surface area contributed by atoms with Crippen LogP contribution in [0.5, 0.6) is 0 Å². The maximum absolute atomic E-state index is 14.0. The van der Waals surface area contributed by atoms with Crippen molar-refractivity contribution in [3.63, 3.8) is 0 Å². The predicted molar refractivity (Wildman–Crippen MR) is 174 cm³/mol. The van der Waals surface area contributed by atoms with Crippen molar-refractivity contribution >= 4 is 23.6 Å². The Kier molecular flexibility index (Phi) is 10.9. The zero-order valence-electron chi connectivity index (χ0n) is 27.8. The van der Waals surface area contributed by atoms with Crippen molar-refractivity contribution in [2.75, 3.05) is 92.9 Å². The van der Waals surface area contributed by atoms with Crippen molar-refractivity contribution in [1.82, 2.24) is 25.9 Å². The quantitative estimate of drug-likeness (QED) is 0.216. The summed E-state index contributed by atoms with van der Waals surface area (Å²) in [5.41, 5.74) is 1.15. The highest BCUT2D eigenvalue weighted by molar-refractivity contribution is 5.94. The molecular formula is C32H47N11O6+2. The molecule has 0 unspecified atom stereocenters. The fraction of sp³-hybridized carbons (Fsp3) is 0.625. The van der Waals surface area contributed by atoms with Gasteiger partial charge in [0, 0.05) is 25.7 Å². The van der Waals surface area contributed by atoms with Gasteiger partial charge in [-0.2, -0.15) is 0 Å². The number of carbonyl (C=O) groups is 2. The number of hydrogen-bond donors (Lipinski definition) is 3. The molecule has 4 aliphatic rings. The van der Waals surface area contributed by atoms with Gasteiger partial charge in [0.05, 0.1) is 68.2 Å². The van der Waals surface area contributed by atoms with Gasteiger partial charge in [-0.1, -0.05) is 30.3 Å². The monoisotopic (exact) mass is 681 g/mol. The van der Waals surface area contributed by atoms with Crippen molar-refractivity contribution < 1.29 is 37.7 Å². The molecule has 0 bridgehead atoms. The smallest absolute Gasteiger partial charge is 0.305 e. The van der Waals surface area contributed by atoms with Crippen LogP contribution in [0.15, 0.2) is 51.8 Å². The zero-order valence-corrected chi connectivity index (χ0v) is 27.8. The van der Waals surface area contributed by atoms with E-state index in [1.807, 2.05) is 28.2 Å². The molecule has 4 aliphatic heterocycles. The molecule has 0 radical (unpaired) electrons. The number of carbonyl (C=O) groups excluding carboxylic acids is 2. The Balaban J connectivity index is 1.05. The van der Waals surface area contributed by atoms with E-state index in [-0.39, 0.29) is 29.6 Å². The Morgan fingerprint density at radius 2 is 1.45 bits per heavy atom. The Morgan fingerprint density at radius 1 is 0.816 bits per heavy atom. The molecule has 7 rings (SSSR count). The number of nitrogens with one attached hydrogen (secondary N) is 3. The normalized spacial score (nSPS) is 23.0. The minimum atomic E-state index is -0.539. The second-order valence-electron chi connectivity index (χ2n) is 12.9. The van der Waals surface area contributed by atoms with E-state index < -0.39 is 12.1 Å². The number of hydrazine groups is 1. The van der Waals surface area contributed by atoms with E-state index in [0.29, 0.717) is 71.9 Å². The van der Waals surface area contributed by atoms with Crippen LogP contribution in [0.1, 0.15) is 37.7 Å². The lowest BCUT2D eigenvalue weighted by Gasteiger charge is -2.41. The maximum Gasteiger partial charge on any atom is 0.305 e. The fourth-order valence-electron chi connectivity index (χ4n) is 6.95. The molecule has 3 N–H and O–H groups in total. The van der Waals surface area contributed by atoms with Gasteiger partial charge in [-0.15, -0.1) is 10.0 Å². The first-order valence-corrected chi connectivity index (χ1v) is 17.5. The van der Waals surface area contributed by atoms with E-state index in [0.717, 1.165) is 44.5 Å². The molecule has 2 aromatic heterocycles. The van der Waals surface area contributed by atoms with Gasteiger partial charge in [0.2, 0.25) is 22.4 Å². The highest BCUT2D eigenvalue weighted by Crippen LogP contribution is 2.25. The molecule has 17 heteroatoms. The molecule has 2 amide bonds. The van der Waals surface area contributed by atoms with Crippen LogP contribution >= 0.6 is 0 Å². The van der Waals surface area contributed by atoms with Crippen molar-refractivity contribution in [1.29, 1.82) is 0 Å². The molecule has 0 saturated carbocycles. The third-order valence-corrected chi connectivity index (χ3v) is 9.60. The SMILES string of the molecule is O=C(Nc1c[n+](N2CCOCC2)no1)[C@H](CCc1ccccc1)N[C@H]1CCN2CCCCN2[C@@H](C(=O)Nc2c[n+](N3CCOCC3)no2)C1. The minimum absolute atomic E-state index is 0.103. The van der Waals surface area contributed by atoms with Crippen molar-refractivity contribution in [2.45, 2.75) is 56.7 Å². The van der Waals surface area contributed by atoms with Crippen molar-refractivity contribution in [3.05, 3.63) is 48.3 Å². The molecule has 49 heavy (non-hydrogen) atoms. The van der Waals surface area contributed by atoms with Gasteiger partial charge < -0.3 is 14.8 Å². The van der Waals surface area contributed by atoms with Gasteiger partial charge in [-0.25, -0.2) is 10.0 Å². The second-order valence-corrected chi connectivity index (χ2v) is 12.9. The predicted octanol–water partition coefficient (Wildman–Crippen LogP) is -0.814. The number of fused-ring (bicyclic) bond motifs is 1. The van der Waals surface area contributed by atoms with Gasteiger partial charge in [0.15, 0.2) is 0 Å². The lowest BCUT2D eigenvalue weighted by molar-refractivity contribution is -0.760.